The van der Waals surface area contributed by atoms with Crippen LogP contribution < -0.4 is 10.6 Å². The maximum Gasteiger partial charge on any atom is 0.239 e. The summed E-state index contributed by atoms with van der Waals surface area (Å²) in [5.41, 5.74) is 1.09. The lowest BCUT2D eigenvalue weighted by Crippen LogP contribution is -2.45. The van der Waals surface area contributed by atoms with Gasteiger partial charge in [0, 0.05) is 17.3 Å². The van der Waals surface area contributed by atoms with Gasteiger partial charge in [-0.3, -0.25) is 9.59 Å². The van der Waals surface area contributed by atoms with E-state index in [1.807, 2.05) is 6.92 Å². The van der Waals surface area contributed by atoms with E-state index < -0.39 is 11.3 Å². The van der Waals surface area contributed by atoms with Gasteiger partial charge in [-0.05, 0) is 62.6 Å². The molecule has 0 saturated carbocycles. The second-order valence-electron chi connectivity index (χ2n) is 6.67. The normalized spacial score (nSPS) is 11.1. The van der Waals surface area contributed by atoms with Crippen LogP contribution in [0.15, 0.2) is 42.5 Å². The van der Waals surface area contributed by atoms with Crippen LogP contribution in [-0.4, -0.2) is 18.4 Å². The van der Waals surface area contributed by atoms with Crippen LogP contribution in [0.25, 0.3) is 0 Å². The van der Waals surface area contributed by atoms with Gasteiger partial charge in [0.2, 0.25) is 11.8 Å². The molecule has 0 bridgehead atoms. The fraction of sp³-hybridized carbons (Fsp3) is 0.300. The van der Waals surface area contributed by atoms with Crippen molar-refractivity contribution in [3.8, 4) is 0 Å². The van der Waals surface area contributed by atoms with Crippen LogP contribution in [0.4, 0.5) is 10.1 Å². The number of carbonyl (C=O) groups excluding carboxylic acids is 2. The summed E-state index contributed by atoms with van der Waals surface area (Å²) in [5.74, 6) is -1.09. The standard InChI is InChI=1S/C20H22ClFN2O2/c1-13-4-7-15(21)12-17(13)24-19(26)20(2,3)18(25)23-11-10-14-5-8-16(22)9-6-14/h4-9,12H,10-11H2,1-3H3,(H,23,25)(H,24,26). The fourth-order valence-electron chi connectivity index (χ4n) is 2.30. The smallest absolute Gasteiger partial charge is 0.239 e. The van der Waals surface area contributed by atoms with E-state index in [-0.39, 0.29) is 11.7 Å². The summed E-state index contributed by atoms with van der Waals surface area (Å²) in [7, 11) is 0. The van der Waals surface area contributed by atoms with Crippen molar-refractivity contribution in [2.24, 2.45) is 5.41 Å². The molecule has 0 saturated heterocycles. The number of rotatable bonds is 6. The third-order valence-corrected chi connectivity index (χ3v) is 4.43. The Morgan fingerprint density at radius 1 is 1.08 bits per heavy atom. The van der Waals surface area contributed by atoms with Gasteiger partial charge in [0.1, 0.15) is 11.2 Å². The number of halogens is 2. The molecule has 0 radical (unpaired) electrons. The van der Waals surface area contributed by atoms with E-state index in [0.29, 0.717) is 23.7 Å². The Hall–Kier alpha value is -2.40. The van der Waals surface area contributed by atoms with Crippen molar-refractivity contribution in [1.82, 2.24) is 5.32 Å². The van der Waals surface area contributed by atoms with Gasteiger partial charge < -0.3 is 10.6 Å². The van der Waals surface area contributed by atoms with Crippen molar-refractivity contribution in [3.05, 3.63) is 64.4 Å². The van der Waals surface area contributed by atoms with E-state index in [4.69, 9.17) is 11.6 Å². The maximum atomic E-state index is 12.9. The molecule has 2 amide bonds. The lowest BCUT2D eigenvalue weighted by molar-refractivity contribution is -0.138. The highest BCUT2D eigenvalue weighted by Gasteiger charge is 2.36. The first-order valence-corrected chi connectivity index (χ1v) is 8.68. The Kier molecular flexibility index (Phi) is 6.37. The van der Waals surface area contributed by atoms with Crippen molar-refractivity contribution in [3.63, 3.8) is 0 Å². The van der Waals surface area contributed by atoms with Crippen LogP contribution in [-0.2, 0) is 16.0 Å². The van der Waals surface area contributed by atoms with Crippen LogP contribution in [0.2, 0.25) is 5.02 Å². The van der Waals surface area contributed by atoms with E-state index in [9.17, 15) is 14.0 Å². The number of nitrogens with one attached hydrogen (secondary N) is 2. The number of hydrogen-bond donors (Lipinski definition) is 2. The summed E-state index contributed by atoms with van der Waals surface area (Å²) < 4.78 is 12.9. The molecular formula is C20H22ClFN2O2. The predicted octanol–water partition coefficient (Wildman–Crippen LogP) is 4.11. The zero-order valence-corrected chi connectivity index (χ0v) is 15.8. The fourth-order valence-corrected chi connectivity index (χ4v) is 2.48. The largest absolute Gasteiger partial charge is 0.355 e. The molecule has 0 spiro atoms. The Morgan fingerprint density at radius 2 is 1.73 bits per heavy atom. The molecule has 6 heteroatoms. The van der Waals surface area contributed by atoms with Crippen molar-refractivity contribution in [2.45, 2.75) is 27.2 Å². The molecular weight excluding hydrogens is 355 g/mol. The highest BCUT2D eigenvalue weighted by Crippen LogP contribution is 2.24. The van der Waals surface area contributed by atoms with E-state index in [0.717, 1.165) is 11.1 Å². The summed E-state index contributed by atoms with van der Waals surface area (Å²) in [6.45, 7) is 5.34. The summed E-state index contributed by atoms with van der Waals surface area (Å²) in [6, 6.07) is 11.3. The number of hydrogen-bond acceptors (Lipinski definition) is 2. The van der Waals surface area contributed by atoms with Gasteiger partial charge in [-0.15, -0.1) is 0 Å². The van der Waals surface area contributed by atoms with Gasteiger partial charge >= 0.3 is 0 Å². The third-order valence-electron chi connectivity index (χ3n) is 4.20. The third kappa shape index (κ3) is 5.05. The lowest BCUT2D eigenvalue weighted by atomic mass is 9.90. The number of aryl methyl sites for hydroxylation is 1. The summed E-state index contributed by atoms with van der Waals surface area (Å²) in [6.07, 6.45) is 0.553. The van der Waals surface area contributed by atoms with Crippen LogP contribution >= 0.6 is 11.6 Å². The molecule has 2 aromatic carbocycles. The SMILES string of the molecule is Cc1ccc(Cl)cc1NC(=O)C(C)(C)C(=O)NCCc1ccc(F)cc1. The second kappa shape index (κ2) is 8.32. The summed E-state index contributed by atoms with van der Waals surface area (Å²) in [5, 5.41) is 6.03. The first-order valence-electron chi connectivity index (χ1n) is 8.30. The van der Waals surface area contributed by atoms with E-state index in [1.54, 1.807) is 44.2 Å². The average Bonchev–Trinajstić information content (AvgIpc) is 2.59. The van der Waals surface area contributed by atoms with Gasteiger partial charge in [0.15, 0.2) is 0 Å². The molecule has 138 valence electrons. The number of benzene rings is 2. The predicted molar refractivity (Wildman–Crippen MR) is 102 cm³/mol. The summed E-state index contributed by atoms with van der Waals surface area (Å²) >= 11 is 5.96. The van der Waals surface area contributed by atoms with Crippen molar-refractivity contribution in [1.29, 1.82) is 0 Å². The van der Waals surface area contributed by atoms with Crippen molar-refractivity contribution >= 4 is 29.1 Å². The monoisotopic (exact) mass is 376 g/mol. The maximum absolute atomic E-state index is 12.9. The van der Waals surface area contributed by atoms with Crippen LogP contribution in [0.3, 0.4) is 0 Å². The Bertz CT molecular complexity index is 804. The number of carbonyl (C=O) groups is 2. The van der Waals surface area contributed by atoms with Gasteiger partial charge in [-0.1, -0.05) is 29.8 Å². The molecule has 0 aliphatic rings. The molecule has 0 atom stereocenters. The molecule has 0 aromatic heterocycles. The average molecular weight is 377 g/mol. The molecule has 0 aliphatic heterocycles. The molecule has 0 heterocycles. The lowest BCUT2D eigenvalue weighted by Gasteiger charge is -2.23. The summed E-state index contributed by atoms with van der Waals surface area (Å²) in [4.78, 5) is 25.0. The number of anilines is 1. The topological polar surface area (TPSA) is 58.2 Å². The molecule has 0 aliphatic carbocycles. The first-order chi connectivity index (χ1) is 12.2. The quantitative estimate of drug-likeness (QED) is 0.745. The van der Waals surface area contributed by atoms with Gasteiger partial charge in [0.25, 0.3) is 0 Å². The molecule has 2 aromatic rings. The van der Waals surface area contributed by atoms with Crippen molar-refractivity contribution < 1.29 is 14.0 Å². The molecule has 26 heavy (non-hydrogen) atoms. The van der Waals surface area contributed by atoms with Crippen molar-refractivity contribution in [2.75, 3.05) is 11.9 Å². The van der Waals surface area contributed by atoms with Crippen LogP contribution in [0.1, 0.15) is 25.0 Å². The first kappa shape index (κ1) is 19.9. The Morgan fingerprint density at radius 3 is 2.38 bits per heavy atom. The Balaban J connectivity index is 1.94. The zero-order valence-electron chi connectivity index (χ0n) is 15.0. The minimum atomic E-state index is -1.25. The molecule has 0 fully saturated rings. The minimum absolute atomic E-state index is 0.299. The molecule has 2 rings (SSSR count). The van der Waals surface area contributed by atoms with E-state index >= 15 is 0 Å². The second-order valence-corrected chi connectivity index (χ2v) is 7.11. The van der Waals surface area contributed by atoms with Gasteiger partial charge in [0.05, 0.1) is 0 Å². The molecule has 4 nitrogen and oxygen atoms in total. The highest BCUT2D eigenvalue weighted by atomic mass is 35.5. The Labute approximate surface area is 157 Å². The number of amides is 2. The van der Waals surface area contributed by atoms with E-state index in [2.05, 4.69) is 10.6 Å². The zero-order chi connectivity index (χ0) is 19.3. The van der Waals surface area contributed by atoms with Gasteiger partial charge in [-0.2, -0.15) is 0 Å². The highest BCUT2D eigenvalue weighted by molar-refractivity contribution is 6.31. The van der Waals surface area contributed by atoms with Gasteiger partial charge in [-0.25, -0.2) is 4.39 Å². The minimum Gasteiger partial charge on any atom is -0.355 e. The van der Waals surface area contributed by atoms with E-state index in [1.165, 1.54) is 12.1 Å². The van der Waals surface area contributed by atoms with Crippen LogP contribution in [0, 0.1) is 18.2 Å². The van der Waals surface area contributed by atoms with Crippen LogP contribution in [0.5, 0.6) is 0 Å². The molecule has 0 unspecified atom stereocenters. The molecule has 2 N–H and O–H groups in total.